The number of anilines is 1. The molecule has 5 heteroatoms. The van der Waals surface area contributed by atoms with Crippen molar-refractivity contribution in [1.29, 1.82) is 0 Å². The van der Waals surface area contributed by atoms with E-state index in [2.05, 4.69) is 15.2 Å². The number of hydrogen-bond donors (Lipinski definition) is 1. The summed E-state index contributed by atoms with van der Waals surface area (Å²) in [5, 5.41) is 3.79. The van der Waals surface area contributed by atoms with Crippen LogP contribution in [0.5, 0.6) is 0 Å². The maximum atomic E-state index is 6.08. The topological polar surface area (TPSA) is 37.4 Å². The van der Waals surface area contributed by atoms with Gasteiger partial charge in [-0.25, -0.2) is 4.98 Å². The molecule has 0 aromatic carbocycles. The van der Waals surface area contributed by atoms with E-state index in [0.29, 0.717) is 11.6 Å². The molecule has 1 rings (SSSR count). The first-order chi connectivity index (χ1) is 8.54. The average Bonchev–Trinajstić information content (AvgIpc) is 2.31. The van der Waals surface area contributed by atoms with E-state index in [0.717, 1.165) is 24.5 Å². The summed E-state index contributed by atoms with van der Waals surface area (Å²) in [5.74, 6) is 0.914. The van der Waals surface area contributed by atoms with Gasteiger partial charge in [0.05, 0.1) is 17.7 Å². The van der Waals surface area contributed by atoms with Crippen LogP contribution in [0, 0.1) is 0 Å². The molecule has 4 nitrogen and oxygen atoms in total. The number of nitrogens with one attached hydrogen (secondary N) is 1. The second-order valence-electron chi connectivity index (χ2n) is 4.51. The van der Waals surface area contributed by atoms with Gasteiger partial charge in [-0.2, -0.15) is 0 Å². The normalized spacial score (nSPS) is 11.0. The lowest BCUT2D eigenvalue weighted by atomic mass is 10.2. The van der Waals surface area contributed by atoms with Crippen LogP contribution in [0.3, 0.4) is 0 Å². The van der Waals surface area contributed by atoms with E-state index in [1.807, 2.05) is 34.0 Å². The van der Waals surface area contributed by atoms with Gasteiger partial charge in [-0.1, -0.05) is 11.6 Å². The van der Waals surface area contributed by atoms with Gasteiger partial charge in [0, 0.05) is 26.3 Å². The van der Waals surface area contributed by atoms with Crippen LogP contribution < -0.4 is 10.2 Å². The van der Waals surface area contributed by atoms with Gasteiger partial charge in [-0.3, -0.25) is 0 Å². The summed E-state index contributed by atoms with van der Waals surface area (Å²) in [5.41, 5.74) is 1.06. The number of halogens is 1. The second-order valence-corrected chi connectivity index (χ2v) is 4.91. The summed E-state index contributed by atoms with van der Waals surface area (Å²) in [6, 6.07) is 2.01. The number of aromatic nitrogens is 1. The minimum absolute atomic E-state index is 0.261. The lowest BCUT2D eigenvalue weighted by Crippen LogP contribution is -2.25. The van der Waals surface area contributed by atoms with Gasteiger partial charge in [0.2, 0.25) is 0 Å². The van der Waals surface area contributed by atoms with E-state index in [1.165, 1.54) is 0 Å². The molecule has 0 aliphatic rings. The molecule has 0 spiro atoms. The van der Waals surface area contributed by atoms with Gasteiger partial charge in [0.1, 0.15) is 5.82 Å². The molecule has 102 valence electrons. The minimum Gasteiger partial charge on any atom is -0.377 e. The Hall–Kier alpha value is -0.840. The molecule has 0 aliphatic heterocycles. The van der Waals surface area contributed by atoms with Crippen molar-refractivity contribution in [2.24, 2.45) is 0 Å². The van der Waals surface area contributed by atoms with Crippen LogP contribution in [0.15, 0.2) is 12.3 Å². The molecule has 0 radical (unpaired) electrons. The fourth-order valence-electron chi connectivity index (χ4n) is 1.54. The third-order valence-corrected chi connectivity index (χ3v) is 2.90. The standard InChI is InChI=1S/C13H22ClN3O/c1-10(2)18-6-5-17(4)13-7-11(8-15-3)12(14)9-16-13/h7,9-10,15H,5-6,8H2,1-4H3. The predicted octanol–water partition coefficient (Wildman–Crippen LogP) is 2.32. The Kier molecular flexibility index (Phi) is 6.39. The van der Waals surface area contributed by atoms with E-state index < -0.39 is 0 Å². The van der Waals surface area contributed by atoms with E-state index >= 15 is 0 Å². The van der Waals surface area contributed by atoms with Crippen molar-refractivity contribution in [3.05, 3.63) is 22.8 Å². The minimum atomic E-state index is 0.261. The molecular formula is C13H22ClN3O. The summed E-state index contributed by atoms with van der Waals surface area (Å²) >= 11 is 6.08. The number of pyridine rings is 1. The molecule has 0 fully saturated rings. The zero-order valence-electron chi connectivity index (χ0n) is 11.5. The van der Waals surface area contributed by atoms with E-state index in [4.69, 9.17) is 16.3 Å². The van der Waals surface area contributed by atoms with Crippen LogP contribution in [0.25, 0.3) is 0 Å². The molecule has 0 saturated carbocycles. The molecule has 1 aromatic heterocycles. The highest BCUT2D eigenvalue weighted by Gasteiger charge is 2.07. The summed E-state index contributed by atoms with van der Waals surface area (Å²) in [4.78, 5) is 6.40. The first kappa shape index (κ1) is 15.2. The third kappa shape index (κ3) is 4.80. The van der Waals surface area contributed by atoms with Crippen LogP contribution in [-0.2, 0) is 11.3 Å². The molecule has 0 aliphatic carbocycles. The Bertz CT molecular complexity index is 371. The molecular weight excluding hydrogens is 250 g/mol. The van der Waals surface area contributed by atoms with Gasteiger partial charge >= 0.3 is 0 Å². The van der Waals surface area contributed by atoms with Crippen LogP contribution in [0.1, 0.15) is 19.4 Å². The molecule has 0 saturated heterocycles. The monoisotopic (exact) mass is 271 g/mol. The Balaban J connectivity index is 2.62. The van der Waals surface area contributed by atoms with Crippen LogP contribution in [0.2, 0.25) is 5.02 Å². The molecule has 0 atom stereocenters. The zero-order chi connectivity index (χ0) is 13.5. The van der Waals surface area contributed by atoms with Crippen LogP contribution in [0.4, 0.5) is 5.82 Å². The summed E-state index contributed by atoms with van der Waals surface area (Å²) in [6.07, 6.45) is 1.96. The Morgan fingerprint density at radius 1 is 1.50 bits per heavy atom. The van der Waals surface area contributed by atoms with Crippen molar-refractivity contribution in [3.63, 3.8) is 0 Å². The highest BCUT2D eigenvalue weighted by Crippen LogP contribution is 2.19. The zero-order valence-corrected chi connectivity index (χ0v) is 12.3. The van der Waals surface area contributed by atoms with Crippen molar-refractivity contribution >= 4 is 17.4 Å². The second kappa shape index (κ2) is 7.56. The van der Waals surface area contributed by atoms with Crippen molar-refractivity contribution in [3.8, 4) is 0 Å². The quantitative estimate of drug-likeness (QED) is 0.826. The first-order valence-corrected chi connectivity index (χ1v) is 6.54. The Morgan fingerprint density at radius 3 is 2.83 bits per heavy atom. The van der Waals surface area contributed by atoms with E-state index in [-0.39, 0.29) is 6.10 Å². The Labute approximate surface area is 114 Å². The SMILES string of the molecule is CNCc1cc(N(C)CCOC(C)C)ncc1Cl. The Morgan fingerprint density at radius 2 is 2.22 bits per heavy atom. The fraction of sp³-hybridized carbons (Fsp3) is 0.615. The molecule has 18 heavy (non-hydrogen) atoms. The van der Waals surface area contributed by atoms with Gasteiger partial charge in [0.25, 0.3) is 0 Å². The smallest absolute Gasteiger partial charge is 0.128 e. The molecule has 1 N–H and O–H groups in total. The number of ether oxygens (including phenoxy) is 1. The van der Waals surface area contributed by atoms with Gasteiger partial charge < -0.3 is 15.0 Å². The van der Waals surface area contributed by atoms with Crippen LogP contribution in [-0.4, -0.2) is 38.3 Å². The summed E-state index contributed by atoms with van der Waals surface area (Å²) < 4.78 is 5.53. The maximum absolute atomic E-state index is 6.08. The molecule has 0 bridgehead atoms. The van der Waals surface area contributed by atoms with Gasteiger partial charge in [0.15, 0.2) is 0 Å². The molecule has 0 amide bonds. The maximum Gasteiger partial charge on any atom is 0.128 e. The lowest BCUT2D eigenvalue weighted by molar-refractivity contribution is 0.0845. The number of nitrogens with zero attached hydrogens (tertiary/aromatic N) is 2. The number of likely N-dealkylation sites (N-methyl/N-ethyl adjacent to an activating group) is 1. The van der Waals surface area contributed by atoms with E-state index in [1.54, 1.807) is 6.20 Å². The summed E-state index contributed by atoms with van der Waals surface area (Å²) in [7, 11) is 3.90. The van der Waals surface area contributed by atoms with Gasteiger partial charge in [-0.15, -0.1) is 0 Å². The number of hydrogen-bond acceptors (Lipinski definition) is 4. The molecule has 1 aromatic rings. The van der Waals surface area contributed by atoms with E-state index in [9.17, 15) is 0 Å². The van der Waals surface area contributed by atoms with Crippen LogP contribution >= 0.6 is 11.6 Å². The van der Waals surface area contributed by atoms with Crippen molar-refractivity contribution in [1.82, 2.24) is 10.3 Å². The van der Waals surface area contributed by atoms with Crippen molar-refractivity contribution in [2.75, 3.05) is 32.1 Å². The third-order valence-electron chi connectivity index (χ3n) is 2.56. The average molecular weight is 272 g/mol. The summed E-state index contributed by atoms with van der Waals surface area (Å²) in [6.45, 7) is 6.31. The highest BCUT2D eigenvalue weighted by molar-refractivity contribution is 6.31. The highest BCUT2D eigenvalue weighted by atomic mass is 35.5. The lowest BCUT2D eigenvalue weighted by Gasteiger charge is -2.20. The molecule has 0 unspecified atom stereocenters. The predicted molar refractivity (Wildman–Crippen MR) is 76.4 cm³/mol. The largest absolute Gasteiger partial charge is 0.377 e. The van der Waals surface area contributed by atoms with Crippen molar-refractivity contribution < 1.29 is 4.74 Å². The fourth-order valence-corrected chi connectivity index (χ4v) is 1.71. The molecule has 1 heterocycles. The first-order valence-electron chi connectivity index (χ1n) is 6.16. The van der Waals surface area contributed by atoms with Gasteiger partial charge in [-0.05, 0) is 32.5 Å². The number of rotatable bonds is 7. The van der Waals surface area contributed by atoms with Crippen molar-refractivity contribution in [2.45, 2.75) is 26.5 Å².